The van der Waals surface area contributed by atoms with Crippen molar-refractivity contribution in [3.05, 3.63) is 0 Å². The molecule has 0 bridgehead atoms. The van der Waals surface area contributed by atoms with Gasteiger partial charge in [0.25, 0.3) is 0 Å². The van der Waals surface area contributed by atoms with Gasteiger partial charge in [-0.3, -0.25) is 4.79 Å². The van der Waals surface area contributed by atoms with Gasteiger partial charge in [0.2, 0.25) is 5.78 Å². The van der Waals surface area contributed by atoms with Crippen LogP contribution in [0.4, 0.5) is 0 Å². The lowest BCUT2D eigenvalue weighted by atomic mass is 10.4. The van der Waals surface area contributed by atoms with E-state index in [1.807, 2.05) is 6.92 Å². The fraction of sp³-hybridized carbons (Fsp3) is 0.778. The second-order valence-electron chi connectivity index (χ2n) is 2.56. The summed E-state index contributed by atoms with van der Waals surface area (Å²) in [5.74, 6) is -1.36. The summed E-state index contributed by atoms with van der Waals surface area (Å²) in [5.41, 5.74) is 0. The molecule has 0 aromatic carbocycles. The Hall–Kier alpha value is -0.940. The fourth-order valence-electron chi connectivity index (χ4n) is 0.432. The number of aliphatic hydroxyl groups is 1. The first-order chi connectivity index (χ1) is 6.45. The molecule has 0 aliphatic carbocycles. The predicted molar refractivity (Wildman–Crippen MR) is 50.9 cm³/mol. The van der Waals surface area contributed by atoms with E-state index in [4.69, 9.17) is 9.84 Å². The quantitative estimate of drug-likeness (QED) is 0.523. The Bertz CT molecular complexity index is 165. The van der Waals surface area contributed by atoms with E-state index in [-0.39, 0.29) is 6.10 Å². The highest BCUT2D eigenvalue weighted by Gasteiger charge is 2.03. The average molecular weight is 206 g/mol. The van der Waals surface area contributed by atoms with Crippen molar-refractivity contribution in [2.45, 2.75) is 26.9 Å². The molecule has 0 spiro atoms. The zero-order valence-corrected chi connectivity index (χ0v) is 9.07. The Morgan fingerprint density at radius 1 is 1.43 bits per heavy atom. The molecule has 1 atom stereocenters. The van der Waals surface area contributed by atoms with E-state index < -0.39 is 11.8 Å². The van der Waals surface area contributed by atoms with Crippen LogP contribution in [0.15, 0.2) is 0 Å². The van der Waals surface area contributed by atoms with Crippen LogP contribution in [0.3, 0.4) is 0 Å². The van der Waals surface area contributed by atoms with E-state index in [2.05, 4.69) is 4.74 Å². The number of esters is 1. The smallest absolute Gasteiger partial charge is 0.374 e. The van der Waals surface area contributed by atoms with Gasteiger partial charge in [0.15, 0.2) is 0 Å². The van der Waals surface area contributed by atoms with Crippen LogP contribution in [0.5, 0.6) is 0 Å². The van der Waals surface area contributed by atoms with Gasteiger partial charge in [-0.25, -0.2) is 4.79 Å². The van der Waals surface area contributed by atoms with Crippen LogP contribution in [0, 0.1) is 0 Å². The highest BCUT2D eigenvalue weighted by Crippen LogP contribution is 1.79. The molecule has 1 N–H and O–H groups in total. The number of carbonyl (C=O) groups is 2. The number of methoxy groups -OCH3 is 1. The number of ether oxygens (including phenoxy) is 2. The van der Waals surface area contributed by atoms with Gasteiger partial charge in [0.1, 0.15) is 0 Å². The number of hydrogen-bond donors (Lipinski definition) is 1. The summed E-state index contributed by atoms with van der Waals surface area (Å²) in [6.07, 6.45) is -0.319. The number of ketones is 1. The van der Waals surface area contributed by atoms with Gasteiger partial charge >= 0.3 is 5.97 Å². The second-order valence-corrected chi connectivity index (χ2v) is 2.56. The summed E-state index contributed by atoms with van der Waals surface area (Å²) in [6.45, 7) is 5.91. The van der Waals surface area contributed by atoms with Gasteiger partial charge < -0.3 is 14.6 Å². The largest absolute Gasteiger partial charge is 0.463 e. The molecule has 5 nitrogen and oxygen atoms in total. The molecule has 0 radical (unpaired) electrons. The Labute approximate surface area is 84.0 Å². The molecule has 0 aliphatic heterocycles. The number of rotatable bonds is 4. The minimum atomic E-state index is -0.792. The molecule has 14 heavy (non-hydrogen) atoms. The van der Waals surface area contributed by atoms with Gasteiger partial charge in [0.05, 0.1) is 19.8 Å². The van der Waals surface area contributed by atoms with E-state index in [0.717, 1.165) is 6.92 Å². The zero-order chi connectivity index (χ0) is 11.6. The normalized spacial score (nSPS) is 10.9. The SMILES string of the molecule is CCOCC(C)O.COC(=O)C(C)=O. The topological polar surface area (TPSA) is 72.8 Å². The van der Waals surface area contributed by atoms with Crippen LogP contribution >= 0.6 is 0 Å². The maximum Gasteiger partial charge on any atom is 0.374 e. The summed E-state index contributed by atoms with van der Waals surface area (Å²) < 4.78 is 8.87. The van der Waals surface area contributed by atoms with E-state index in [1.165, 1.54) is 7.11 Å². The van der Waals surface area contributed by atoms with Crippen LogP contribution in [-0.2, 0) is 19.1 Å². The molecule has 0 amide bonds. The van der Waals surface area contributed by atoms with E-state index in [9.17, 15) is 9.59 Å². The van der Waals surface area contributed by atoms with Crippen molar-refractivity contribution in [1.82, 2.24) is 0 Å². The van der Waals surface area contributed by atoms with Crippen molar-refractivity contribution in [2.24, 2.45) is 0 Å². The molecular weight excluding hydrogens is 188 g/mol. The highest BCUT2D eigenvalue weighted by molar-refractivity contribution is 6.32. The first-order valence-corrected chi connectivity index (χ1v) is 4.30. The maximum atomic E-state index is 9.94. The Kier molecular flexibility index (Phi) is 11.3. The van der Waals surface area contributed by atoms with Gasteiger partial charge in [-0.2, -0.15) is 0 Å². The van der Waals surface area contributed by atoms with Gasteiger partial charge in [-0.05, 0) is 13.8 Å². The first kappa shape index (κ1) is 15.5. The molecule has 0 fully saturated rings. The number of carbonyl (C=O) groups excluding carboxylic acids is 2. The lowest BCUT2D eigenvalue weighted by Gasteiger charge is -2.00. The molecular formula is C9H18O5. The summed E-state index contributed by atoms with van der Waals surface area (Å²) in [6, 6.07) is 0. The summed E-state index contributed by atoms with van der Waals surface area (Å²) in [4.78, 5) is 19.8. The third kappa shape index (κ3) is 13.6. The molecule has 1 unspecified atom stereocenters. The van der Waals surface area contributed by atoms with Gasteiger partial charge in [-0.1, -0.05) is 0 Å². The Morgan fingerprint density at radius 2 is 1.93 bits per heavy atom. The maximum absolute atomic E-state index is 9.94. The summed E-state index contributed by atoms with van der Waals surface area (Å²) in [7, 11) is 1.17. The zero-order valence-electron chi connectivity index (χ0n) is 9.07. The Balaban J connectivity index is 0. The van der Waals surface area contributed by atoms with Crippen molar-refractivity contribution >= 4 is 11.8 Å². The van der Waals surface area contributed by atoms with Crippen molar-refractivity contribution in [3.8, 4) is 0 Å². The van der Waals surface area contributed by atoms with Crippen LogP contribution in [0.1, 0.15) is 20.8 Å². The number of aliphatic hydroxyl groups excluding tert-OH is 1. The molecule has 0 saturated heterocycles. The van der Waals surface area contributed by atoms with Crippen LogP contribution < -0.4 is 0 Å². The average Bonchev–Trinajstić information content (AvgIpc) is 2.14. The van der Waals surface area contributed by atoms with E-state index >= 15 is 0 Å². The first-order valence-electron chi connectivity index (χ1n) is 4.30. The third-order valence-corrected chi connectivity index (χ3v) is 1.04. The van der Waals surface area contributed by atoms with Crippen LogP contribution in [0.25, 0.3) is 0 Å². The second kappa shape index (κ2) is 10.1. The molecule has 0 aromatic rings. The highest BCUT2D eigenvalue weighted by atomic mass is 16.5. The third-order valence-electron chi connectivity index (χ3n) is 1.04. The summed E-state index contributed by atoms with van der Waals surface area (Å²) in [5, 5.41) is 8.56. The van der Waals surface area contributed by atoms with E-state index in [1.54, 1.807) is 6.92 Å². The van der Waals surface area contributed by atoms with E-state index in [0.29, 0.717) is 13.2 Å². The molecule has 0 saturated carbocycles. The van der Waals surface area contributed by atoms with Gasteiger partial charge in [-0.15, -0.1) is 0 Å². The molecule has 5 heteroatoms. The van der Waals surface area contributed by atoms with Crippen molar-refractivity contribution in [1.29, 1.82) is 0 Å². The molecule has 0 aromatic heterocycles. The molecule has 0 aliphatic rings. The molecule has 84 valence electrons. The van der Waals surface area contributed by atoms with Crippen molar-refractivity contribution in [2.75, 3.05) is 20.3 Å². The standard InChI is InChI=1S/C5H12O2.C4H6O3/c1-3-7-4-5(2)6;1-3(5)4(6)7-2/h5-6H,3-4H2,1-2H3;1-2H3. The van der Waals surface area contributed by atoms with Crippen molar-refractivity contribution < 1.29 is 24.2 Å². The predicted octanol–water partition coefficient (Wildman–Crippen LogP) is 0.152. The lowest BCUT2D eigenvalue weighted by Crippen LogP contribution is -2.10. The summed E-state index contributed by atoms with van der Waals surface area (Å²) >= 11 is 0. The van der Waals surface area contributed by atoms with Crippen LogP contribution in [-0.4, -0.2) is 43.3 Å². The van der Waals surface area contributed by atoms with Gasteiger partial charge in [0, 0.05) is 13.5 Å². The molecule has 0 rings (SSSR count). The van der Waals surface area contributed by atoms with Crippen LogP contribution in [0.2, 0.25) is 0 Å². The minimum Gasteiger partial charge on any atom is -0.463 e. The number of Topliss-reactive ketones (excluding diaryl/α,β-unsaturated/α-hetero) is 1. The fourth-order valence-corrected chi connectivity index (χ4v) is 0.432. The lowest BCUT2D eigenvalue weighted by molar-refractivity contribution is -0.150. The Morgan fingerprint density at radius 3 is 2.00 bits per heavy atom. The minimum absolute atomic E-state index is 0.319. The number of hydrogen-bond acceptors (Lipinski definition) is 5. The van der Waals surface area contributed by atoms with Crippen molar-refractivity contribution in [3.63, 3.8) is 0 Å². The molecule has 0 heterocycles. The monoisotopic (exact) mass is 206 g/mol.